The normalized spacial score (nSPS) is 15.2. The van der Waals surface area contributed by atoms with Crippen LogP contribution in [-0.4, -0.2) is 42.9 Å². The average molecular weight is 423 g/mol. The van der Waals surface area contributed by atoms with Crippen LogP contribution in [0.25, 0.3) is 0 Å². The summed E-state index contributed by atoms with van der Waals surface area (Å²) in [6.07, 6.45) is 7.97. The van der Waals surface area contributed by atoms with Gasteiger partial charge in [-0.3, -0.25) is 5.01 Å². The molecule has 0 fully saturated rings. The van der Waals surface area contributed by atoms with Crippen molar-refractivity contribution in [2.45, 2.75) is 45.6 Å². The van der Waals surface area contributed by atoms with Crippen LogP contribution in [0.5, 0.6) is 0 Å². The van der Waals surface area contributed by atoms with Crippen molar-refractivity contribution in [3.63, 3.8) is 0 Å². The molecule has 0 saturated carbocycles. The highest BCUT2D eigenvalue weighted by Crippen LogP contribution is 2.29. The number of nitrogens with zero attached hydrogens (tertiary/aromatic N) is 4. The molecular weight excluding hydrogens is 392 g/mol. The summed E-state index contributed by atoms with van der Waals surface area (Å²) in [6, 6.07) is 4.28. The number of pyridine rings is 1. The van der Waals surface area contributed by atoms with Crippen LogP contribution in [0, 0.1) is 0 Å². The molecule has 0 aliphatic carbocycles. The Morgan fingerprint density at radius 3 is 2.75 bits per heavy atom. The maximum Gasteiger partial charge on any atom is 0.128 e. The van der Waals surface area contributed by atoms with Gasteiger partial charge >= 0.3 is 0 Å². The molecule has 1 aromatic heterocycles. The fourth-order valence-corrected chi connectivity index (χ4v) is 3.50. The number of hydrogen-bond donors (Lipinski definition) is 2. The molecule has 8 heteroatoms. The van der Waals surface area contributed by atoms with E-state index >= 15 is 0 Å². The Morgan fingerprint density at radius 1 is 1.32 bits per heavy atom. The van der Waals surface area contributed by atoms with E-state index in [1.165, 1.54) is 12.1 Å². The third-order valence-electron chi connectivity index (χ3n) is 4.52. The summed E-state index contributed by atoms with van der Waals surface area (Å²) in [6.45, 7) is 9.14. The predicted octanol–water partition coefficient (Wildman–Crippen LogP) is 4.99. The van der Waals surface area contributed by atoms with Crippen LogP contribution in [0.1, 0.15) is 39.5 Å². The maximum atomic E-state index is 6.38. The number of hydrazone groups is 1. The molecular formula is C20H31ClN6S. The molecule has 154 valence electrons. The van der Waals surface area contributed by atoms with Gasteiger partial charge in [-0.25, -0.2) is 9.71 Å². The van der Waals surface area contributed by atoms with Gasteiger partial charge in [-0.1, -0.05) is 37.9 Å². The number of allylic oxidation sites excluding steroid dienone is 2. The van der Waals surface area contributed by atoms with Crippen molar-refractivity contribution in [3.8, 4) is 0 Å². The SMILES string of the molecule is C=C1C(Cl)=C(C)C=NN1C(CCCC)CCNSNc1ccc(N(C)C)nc1. The van der Waals surface area contributed by atoms with Gasteiger partial charge in [-0.2, -0.15) is 5.10 Å². The predicted molar refractivity (Wildman–Crippen MR) is 124 cm³/mol. The number of halogens is 1. The molecule has 1 atom stereocenters. The fraction of sp³-hybridized carbons (Fsp3) is 0.500. The highest BCUT2D eigenvalue weighted by Gasteiger charge is 2.23. The molecule has 0 spiro atoms. The standard InChI is InChI=1S/C20H31ClN6S/c1-6-7-8-18(27-16(3)20(21)15(2)13-23-27)11-12-24-28-25-17-9-10-19(22-14-17)26(4)5/h9-10,13-14,18,24-25H,3,6-8,11-12H2,1-2,4-5H3. The molecule has 1 unspecified atom stereocenters. The lowest BCUT2D eigenvalue weighted by Crippen LogP contribution is -2.34. The molecule has 0 aromatic carbocycles. The fourth-order valence-electron chi connectivity index (χ4n) is 2.83. The Balaban J connectivity index is 1.80. The van der Waals surface area contributed by atoms with Gasteiger partial charge < -0.3 is 9.62 Å². The molecule has 1 aliphatic rings. The Labute approximate surface area is 178 Å². The first-order chi connectivity index (χ1) is 13.4. The van der Waals surface area contributed by atoms with Gasteiger partial charge in [-0.05, 0) is 37.5 Å². The minimum Gasteiger partial charge on any atom is -0.363 e. The van der Waals surface area contributed by atoms with Crippen molar-refractivity contribution in [1.29, 1.82) is 0 Å². The second-order valence-electron chi connectivity index (χ2n) is 7.02. The Bertz CT molecular complexity index is 701. The van der Waals surface area contributed by atoms with Crippen molar-refractivity contribution in [2.24, 2.45) is 5.10 Å². The van der Waals surface area contributed by atoms with Crippen LogP contribution in [0.2, 0.25) is 0 Å². The van der Waals surface area contributed by atoms with Crippen LogP contribution in [-0.2, 0) is 0 Å². The second kappa shape index (κ2) is 11.3. The van der Waals surface area contributed by atoms with E-state index in [1.54, 1.807) is 0 Å². The molecule has 2 heterocycles. The number of anilines is 2. The van der Waals surface area contributed by atoms with Gasteiger partial charge in [0.25, 0.3) is 0 Å². The smallest absolute Gasteiger partial charge is 0.128 e. The van der Waals surface area contributed by atoms with Gasteiger partial charge in [0.05, 0.1) is 34.9 Å². The quantitative estimate of drug-likeness (QED) is 0.387. The molecule has 0 radical (unpaired) electrons. The second-order valence-corrected chi connectivity index (χ2v) is 8.09. The Kier molecular flexibility index (Phi) is 9.15. The first kappa shape index (κ1) is 22.6. The summed E-state index contributed by atoms with van der Waals surface area (Å²) in [5.41, 5.74) is 2.72. The lowest BCUT2D eigenvalue weighted by atomic mass is 10.0. The summed E-state index contributed by atoms with van der Waals surface area (Å²) in [5, 5.41) is 7.25. The minimum atomic E-state index is 0.277. The minimum absolute atomic E-state index is 0.277. The van der Waals surface area contributed by atoms with Gasteiger partial charge in [0.1, 0.15) is 5.82 Å². The maximum absolute atomic E-state index is 6.38. The van der Waals surface area contributed by atoms with Crippen molar-refractivity contribution in [3.05, 3.63) is 41.2 Å². The van der Waals surface area contributed by atoms with Crippen molar-refractivity contribution in [1.82, 2.24) is 14.7 Å². The van der Waals surface area contributed by atoms with Crippen molar-refractivity contribution in [2.75, 3.05) is 30.3 Å². The molecule has 28 heavy (non-hydrogen) atoms. The molecule has 0 bridgehead atoms. The van der Waals surface area contributed by atoms with Crippen molar-refractivity contribution < 1.29 is 0 Å². The number of hydrogen-bond acceptors (Lipinski definition) is 7. The number of aromatic nitrogens is 1. The van der Waals surface area contributed by atoms with Crippen LogP contribution in [0.4, 0.5) is 11.5 Å². The summed E-state index contributed by atoms with van der Waals surface area (Å²) in [5.74, 6) is 0.938. The lowest BCUT2D eigenvalue weighted by Gasteiger charge is -2.33. The van der Waals surface area contributed by atoms with Gasteiger partial charge in [0, 0.05) is 32.8 Å². The number of rotatable bonds is 11. The highest BCUT2D eigenvalue weighted by molar-refractivity contribution is 7.98. The Morgan fingerprint density at radius 2 is 2.11 bits per heavy atom. The molecule has 1 aromatic rings. The molecule has 6 nitrogen and oxygen atoms in total. The van der Waals surface area contributed by atoms with Crippen LogP contribution in [0.15, 0.2) is 46.3 Å². The van der Waals surface area contributed by atoms with E-state index in [9.17, 15) is 0 Å². The average Bonchev–Trinajstić information content (AvgIpc) is 2.69. The summed E-state index contributed by atoms with van der Waals surface area (Å²) in [7, 11) is 3.96. The summed E-state index contributed by atoms with van der Waals surface area (Å²) >= 11 is 7.85. The zero-order valence-electron chi connectivity index (χ0n) is 17.2. The molecule has 0 saturated heterocycles. The zero-order chi connectivity index (χ0) is 20.5. The largest absolute Gasteiger partial charge is 0.363 e. The summed E-state index contributed by atoms with van der Waals surface area (Å²) in [4.78, 5) is 6.37. The zero-order valence-corrected chi connectivity index (χ0v) is 18.8. The molecule has 0 amide bonds. The van der Waals surface area contributed by atoms with E-state index in [1.807, 2.05) is 55.5 Å². The van der Waals surface area contributed by atoms with E-state index in [4.69, 9.17) is 11.6 Å². The monoisotopic (exact) mass is 422 g/mol. The van der Waals surface area contributed by atoms with Crippen LogP contribution in [0.3, 0.4) is 0 Å². The van der Waals surface area contributed by atoms with Gasteiger partial charge in [-0.15, -0.1) is 0 Å². The van der Waals surface area contributed by atoms with Gasteiger partial charge in [0.2, 0.25) is 0 Å². The van der Waals surface area contributed by atoms with Crippen LogP contribution >= 0.6 is 23.7 Å². The van der Waals surface area contributed by atoms with E-state index in [0.717, 1.165) is 55.0 Å². The third-order valence-corrected chi connectivity index (χ3v) is 5.72. The molecule has 2 rings (SSSR count). The number of nitrogens with one attached hydrogen (secondary N) is 2. The number of unbranched alkanes of at least 4 members (excludes halogenated alkanes) is 1. The van der Waals surface area contributed by atoms with E-state index in [0.29, 0.717) is 5.03 Å². The van der Waals surface area contributed by atoms with E-state index in [2.05, 4.69) is 33.0 Å². The summed E-state index contributed by atoms with van der Waals surface area (Å²) < 4.78 is 6.63. The van der Waals surface area contributed by atoms with E-state index < -0.39 is 0 Å². The topological polar surface area (TPSA) is 55.8 Å². The third kappa shape index (κ3) is 6.43. The van der Waals surface area contributed by atoms with Crippen molar-refractivity contribution >= 4 is 41.5 Å². The molecule has 2 N–H and O–H groups in total. The first-order valence-electron chi connectivity index (χ1n) is 9.61. The Hall–Kier alpha value is -1.70. The highest BCUT2D eigenvalue weighted by atomic mass is 35.5. The van der Waals surface area contributed by atoms with E-state index in [-0.39, 0.29) is 6.04 Å². The molecule has 1 aliphatic heterocycles. The van der Waals surface area contributed by atoms with Gasteiger partial charge in [0.15, 0.2) is 0 Å². The van der Waals surface area contributed by atoms with Crippen LogP contribution < -0.4 is 14.3 Å². The lowest BCUT2D eigenvalue weighted by molar-refractivity contribution is 0.240. The first-order valence-corrected chi connectivity index (χ1v) is 10.8.